The molecule has 0 aromatic carbocycles. The van der Waals surface area contributed by atoms with Crippen LogP contribution in [-0.2, 0) is 16.6 Å². The zero-order valence-corrected chi connectivity index (χ0v) is 10.4. The summed E-state index contributed by atoms with van der Waals surface area (Å²) in [6, 6.07) is 1.42. The number of nitrogens with one attached hydrogen (secondary N) is 1. The molecule has 1 rings (SSSR count). The minimum Gasteiger partial charge on any atom is -0.392 e. The van der Waals surface area contributed by atoms with Crippen molar-refractivity contribution in [3.8, 4) is 0 Å². The van der Waals surface area contributed by atoms with E-state index in [1.54, 1.807) is 5.38 Å². The Hall–Kier alpha value is -0.430. The van der Waals surface area contributed by atoms with Gasteiger partial charge in [0, 0.05) is 6.04 Å². The number of hydrogen-bond donors (Lipinski definition) is 2. The molecule has 0 saturated carbocycles. The SMILES string of the molecule is CCC(C)NS(=O)(=O)c1cc(CO)cs1. The summed E-state index contributed by atoms with van der Waals surface area (Å²) in [5.74, 6) is 0. The molecule has 86 valence electrons. The third-order valence-corrected chi connectivity index (χ3v) is 5.12. The van der Waals surface area contributed by atoms with E-state index in [4.69, 9.17) is 5.11 Å². The molecule has 0 aliphatic heterocycles. The quantitative estimate of drug-likeness (QED) is 0.827. The Kier molecular flexibility index (Phi) is 4.27. The van der Waals surface area contributed by atoms with Crippen molar-refractivity contribution in [1.82, 2.24) is 4.72 Å². The lowest BCUT2D eigenvalue weighted by atomic mass is 10.3. The van der Waals surface area contributed by atoms with Crippen molar-refractivity contribution >= 4 is 21.4 Å². The van der Waals surface area contributed by atoms with Gasteiger partial charge in [-0.3, -0.25) is 0 Å². The lowest BCUT2D eigenvalue weighted by molar-refractivity contribution is 0.282. The molecule has 0 spiro atoms. The number of aliphatic hydroxyl groups excluding tert-OH is 1. The topological polar surface area (TPSA) is 66.4 Å². The van der Waals surface area contributed by atoms with Crippen LogP contribution in [0.5, 0.6) is 0 Å². The Labute approximate surface area is 94.0 Å². The molecule has 0 radical (unpaired) electrons. The number of thiophene rings is 1. The van der Waals surface area contributed by atoms with E-state index in [2.05, 4.69) is 4.72 Å². The molecule has 1 unspecified atom stereocenters. The highest BCUT2D eigenvalue weighted by molar-refractivity contribution is 7.91. The predicted molar refractivity (Wildman–Crippen MR) is 60.3 cm³/mol. The molecule has 15 heavy (non-hydrogen) atoms. The maximum Gasteiger partial charge on any atom is 0.250 e. The molecule has 1 aromatic heterocycles. The first kappa shape index (κ1) is 12.6. The molecule has 1 aromatic rings. The highest BCUT2D eigenvalue weighted by Crippen LogP contribution is 2.20. The molecule has 0 aliphatic rings. The van der Waals surface area contributed by atoms with E-state index in [1.165, 1.54) is 6.07 Å². The lowest BCUT2D eigenvalue weighted by Gasteiger charge is -2.10. The maximum absolute atomic E-state index is 11.7. The number of hydrogen-bond acceptors (Lipinski definition) is 4. The molecular weight excluding hydrogens is 234 g/mol. The van der Waals surface area contributed by atoms with E-state index < -0.39 is 10.0 Å². The number of aliphatic hydroxyl groups is 1. The summed E-state index contributed by atoms with van der Waals surface area (Å²) >= 11 is 1.12. The highest BCUT2D eigenvalue weighted by Gasteiger charge is 2.18. The first-order valence-corrected chi connectivity index (χ1v) is 7.06. The summed E-state index contributed by atoms with van der Waals surface area (Å²) < 4.78 is 26.3. The van der Waals surface area contributed by atoms with Crippen LogP contribution in [0.1, 0.15) is 25.8 Å². The molecule has 1 heterocycles. The van der Waals surface area contributed by atoms with E-state index in [-0.39, 0.29) is 16.9 Å². The molecule has 0 bridgehead atoms. The second kappa shape index (κ2) is 5.07. The summed E-state index contributed by atoms with van der Waals surface area (Å²) in [5.41, 5.74) is 0.629. The van der Waals surface area contributed by atoms with Crippen molar-refractivity contribution in [1.29, 1.82) is 0 Å². The van der Waals surface area contributed by atoms with Gasteiger partial charge in [-0.05, 0) is 30.4 Å². The van der Waals surface area contributed by atoms with E-state index in [1.807, 2.05) is 13.8 Å². The fourth-order valence-electron chi connectivity index (χ4n) is 0.983. The van der Waals surface area contributed by atoms with E-state index in [0.717, 1.165) is 17.8 Å². The molecule has 4 nitrogen and oxygen atoms in total. The van der Waals surface area contributed by atoms with Crippen LogP contribution in [0.2, 0.25) is 0 Å². The highest BCUT2D eigenvalue weighted by atomic mass is 32.2. The van der Waals surface area contributed by atoms with Crippen LogP contribution >= 0.6 is 11.3 Å². The van der Waals surface area contributed by atoms with E-state index >= 15 is 0 Å². The normalized spacial score (nSPS) is 14.1. The zero-order valence-electron chi connectivity index (χ0n) is 8.73. The monoisotopic (exact) mass is 249 g/mol. The zero-order chi connectivity index (χ0) is 11.5. The van der Waals surface area contributed by atoms with Crippen molar-refractivity contribution in [2.45, 2.75) is 37.1 Å². The Bertz CT molecular complexity index is 411. The molecule has 1 atom stereocenters. The van der Waals surface area contributed by atoms with Gasteiger partial charge >= 0.3 is 0 Å². The molecule has 6 heteroatoms. The minimum atomic E-state index is -3.40. The van der Waals surface area contributed by atoms with Crippen molar-refractivity contribution < 1.29 is 13.5 Å². The van der Waals surface area contributed by atoms with E-state index in [9.17, 15) is 8.42 Å². The third kappa shape index (κ3) is 3.27. The first-order valence-electron chi connectivity index (χ1n) is 4.70. The fraction of sp³-hybridized carbons (Fsp3) is 0.556. The smallest absolute Gasteiger partial charge is 0.250 e. The van der Waals surface area contributed by atoms with Crippen molar-refractivity contribution in [3.63, 3.8) is 0 Å². The Balaban J connectivity index is 2.86. The summed E-state index contributed by atoms with van der Waals surface area (Å²) in [4.78, 5) is 0. The second-order valence-corrected chi connectivity index (χ2v) is 6.21. The molecule has 0 saturated heterocycles. The lowest BCUT2D eigenvalue weighted by Crippen LogP contribution is -2.31. The molecule has 0 fully saturated rings. The van der Waals surface area contributed by atoms with Crippen LogP contribution in [0.3, 0.4) is 0 Å². The van der Waals surface area contributed by atoms with Gasteiger partial charge in [-0.15, -0.1) is 11.3 Å². The second-order valence-electron chi connectivity index (χ2n) is 3.36. The summed E-state index contributed by atoms with van der Waals surface area (Å²) in [6.45, 7) is 3.61. The van der Waals surface area contributed by atoms with Gasteiger partial charge in [0.15, 0.2) is 0 Å². The molecular formula is C9H15NO3S2. The first-order chi connectivity index (χ1) is 6.99. The largest absolute Gasteiger partial charge is 0.392 e. The molecule has 2 N–H and O–H groups in total. The average Bonchev–Trinajstić information content (AvgIpc) is 2.65. The van der Waals surface area contributed by atoms with Gasteiger partial charge in [0.1, 0.15) is 4.21 Å². The fourth-order valence-corrected chi connectivity index (χ4v) is 3.53. The Morgan fingerprint density at radius 1 is 1.60 bits per heavy atom. The molecule has 0 aliphatic carbocycles. The van der Waals surface area contributed by atoms with Gasteiger partial charge < -0.3 is 5.11 Å². The van der Waals surface area contributed by atoms with Gasteiger partial charge in [-0.1, -0.05) is 6.92 Å². The standard InChI is InChI=1S/C9H15NO3S2/c1-3-7(2)10-15(12,13)9-4-8(5-11)6-14-9/h4,6-7,10-11H,3,5H2,1-2H3. The van der Waals surface area contributed by atoms with Gasteiger partial charge in [0.05, 0.1) is 6.61 Å². The minimum absolute atomic E-state index is 0.0744. The molecule has 0 amide bonds. The average molecular weight is 249 g/mol. The van der Waals surface area contributed by atoms with Crippen molar-refractivity contribution in [2.24, 2.45) is 0 Å². The van der Waals surface area contributed by atoms with Crippen LogP contribution in [-0.4, -0.2) is 19.6 Å². The van der Waals surface area contributed by atoms with E-state index in [0.29, 0.717) is 5.56 Å². The predicted octanol–water partition coefficient (Wildman–Crippen LogP) is 1.32. The van der Waals surface area contributed by atoms with Gasteiger partial charge in [-0.2, -0.15) is 0 Å². The van der Waals surface area contributed by atoms with Crippen molar-refractivity contribution in [2.75, 3.05) is 0 Å². The van der Waals surface area contributed by atoms with Crippen LogP contribution in [0.25, 0.3) is 0 Å². The van der Waals surface area contributed by atoms with Crippen molar-refractivity contribution in [3.05, 3.63) is 17.0 Å². The summed E-state index contributed by atoms with van der Waals surface area (Å²) in [6.07, 6.45) is 0.747. The van der Waals surface area contributed by atoms with Crippen LogP contribution in [0.4, 0.5) is 0 Å². The van der Waals surface area contributed by atoms with Crippen LogP contribution in [0, 0.1) is 0 Å². The summed E-state index contributed by atoms with van der Waals surface area (Å²) in [7, 11) is -3.40. The maximum atomic E-state index is 11.7. The van der Waals surface area contributed by atoms with Gasteiger partial charge in [0.25, 0.3) is 0 Å². The Morgan fingerprint density at radius 3 is 2.73 bits per heavy atom. The third-order valence-electron chi connectivity index (χ3n) is 2.05. The Morgan fingerprint density at radius 2 is 2.27 bits per heavy atom. The number of rotatable bonds is 5. The van der Waals surface area contributed by atoms with Crippen LogP contribution < -0.4 is 4.72 Å². The summed E-state index contributed by atoms with van der Waals surface area (Å²) in [5, 5.41) is 10.5. The van der Waals surface area contributed by atoms with Gasteiger partial charge in [-0.25, -0.2) is 13.1 Å². The van der Waals surface area contributed by atoms with Crippen LogP contribution in [0.15, 0.2) is 15.7 Å². The number of sulfonamides is 1. The van der Waals surface area contributed by atoms with Gasteiger partial charge in [0.2, 0.25) is 10.0 Å².